The lowest BCUT2D eigenvalue weighted by Crippen LogP contribution is -2.26. The van der Waals surface area contributed by atoms with E-state index in [0.717, 1.165) is 5.56 Å². The number of hydrogen-bond acceptors (Lipinski definition) is 3. The fourth-order valence-electron chi connectivity index (χ4n) is 2.11. The number of ether oxygens (including phenoxy) is 1. The minimum atomic E-state index is -0.271. The van der Waals surface area contributed by atoms with E-state index in [4.69, 9.17) is 16.3 Å². The van der Waals surface area contributed by atoms with Gasteiger partial charge in [-0.1, -0.05) is 17.7 Å². The number of carbonyl (C=O) groups is 2. The molecule has 0 N–H and O–H groups in total. The highest BCUT2D eigenvalue weighted by atomic mass is 35.5. The molecule has 1 heterocycles. The van der Waals surface area contributed by atoms with E-state index in [9.17, 15) is 9.59 Å². The molecule has 0 aliphatic carbocycles. The second-order valence-electron chi connectivity index (χ2n) is 4.37. The number of methoxy groups -OCH3 is 1. The number of benzene rings is 1. The summed E-state index contributed by atoms with van der Waals surface area (Å²) < 4.78 is 5.06. The SMILES string of the molecule is COc1ccc(CC2CC(=O)N(C)C2=O)cc1Cl. The van der Waals surface area contributed by atoms with Crippen LogP contribution in [0, 0.1) is 5.92 Å². The molecule has 1 aromatic rings. The fourth-order valence-corrected chi connectivity index (χ4v) is 2.39. The highest BCUT2D eigenvalue weighted by Gasteiger charge is 2.35. The van der Waals surface area contributed by atoms with Crippen LogP contribution in [0.2, 0.25) is 5.02 Å². The number of hydrogen-bond donors (Lipinski definition) is 0. The van der Waals surface area contributed by atoms with Crippen LogP contribution in [0.15, 0.2) is 18.2 Å². The molecule has 18 heavy (non-hydrogen) atoms. The second kappa shape index (κ2) is 4.98. The number of rotatable bonds is 3. The average Bonchev–Trinajstić information content (AvgIpc) is 2.57. The summed E-state index contributed by atoms with van der Waals surface area (Å²) in [7, 11) is 3.07. The van der Waals surface area contributed by atoms with Crippen LogP contribution < -0.4 is 4.74 Å². The van der Waals surface area contributed by atoms with Gasteiger partial charge in [0.25, 0.3) is 0 Å². The Morgan fingerprint density at radius 1 is 1.44 bits per heavy atom. The van der Waals surface area contributed by atoms with Gasteiger partial charge in [-0.05, 0) is 24.1 Å². The van der Waals surface area contributed by atoms with Crippen molar-refractivity contribution in [3.05, 3.63) is 28.8 Å². The Bertz CT molecular complexity index is 501. The molecule has 0 spiro atoms. The van der Waals surface area contributed by atoms with Gasteiger partial charge in [-0.15, -0.1) is 0 Å². The first-order valence-electron chi connectivity index (χ1n) is 5.65. The van der Waals surface area contributed by atoms with Crippen molar-refractivity contribution >= 4 is 23.4 Å². The first-order chi connectivity index (χ1) is 8.52. The lowest BCUT2D eigenvalue weighted by Gasteiger charge is -2.10. The highest BCUT2D eigenvalue weighted by molar-refractivity contribution is 6.32. The largest absolute Gasteiger partial charge is 0.495 e. The Balaban J connectivity index is 2.13. The quantitative estimate of drug-likeness (QED) is 0.786. The monoisotopic (exact) mass is 267 g/mol. The van der Waals surface area contributed by atoms with Gasteiger partial charge in [0.2, 0.25) is 11.8 Å². The Hall–Kier alpha value is -1.55. The third kappa shape index (κ3) is 2.34. The number of halogens is 1. The van der Waals surface area contributed by atoms with E-state index in [1.807, 2.05) is 6.07 Å². The second-order valence-corrected chi connectivity index (χ2v) is 4.77. The smallest absolute Gasteiger partial charge is 0.232 e. The van der Waals surface area contributed by atoms with Gasteiger partial charge in [-0.3, -0.25) is 14.5 Å². The highest BCUT2D eigenvalue weighted by Crippen LogP contribution is 2.28. The third-order valence-corrected chi connectivity index (χ3v) is 3.47. The summed E-state index contributed by atoms with van der Waals surface area (Å²) in [4.78, 5) is 24.4. The molecule has 1 aliphatic heterocycles. The lowest BCUT2D eigenvalue weighted by atomic mass is 9.98. The summed E-state index contributed by atoms with van der Waals surface area (Å²) in [6.45, 7) is 0. The number of likely N-dealkylation sites (tertiary alicyclic amines) is 1. The van der Waals surface area contributed by atoms with Crippen LogP contribution in [-0.2, 0) is 16.0 Å². The van der Waals surface area contributed by atoms with Crippen LogP contribution in [0.1, 0.15) is 12.0 Å². The van der Waals surface area contributed by atoms with E-state index < -0.39 is 0 Å². The molecule has 0 aromatic heterocycles. The molecule has 4 nitrogen and oxygen atoms in total. The van der Waals surface area contributed by atoms with Crippen molar-refractivity contribution in [2.45, 2.75) is 12.8 Å². The summed E-state index contributed by atoms with van der Waals surface area (Å²) in [6, 6.07) is 5.40. The van der Waals surface area contributed by atoms with Crippen molar-refractivity contribution in [1.82, 2.24) is 4.90 Å². The lowest BCUT2D eigenvalue weighted by molar-refractivity contribution is -0.137. The Labute approximate surface area is 110 Å². The molecule has 1 atom stereocenters. The van der Waals surface area contributed by atoms with Gasteiger partial charge in [0, 0.05) is 13.5 Å². The molecular formula is C13H14ClNO3. The Morgan fingerprint density at radius 3 is 2.67 bits per heavy atom. The molecule has 5 heteroatoms. The zero-order valence-electron chi connectivity index (χ0n) is 10.3. The summed E-state index contributed by atoms with van der Waals surface area (Å²) in [5.41, 5.74) is 0.933. The average molecular weight is 268 g/mol. The van der Waals surface area contributed by atoms with Crippen LogP contribution in [0.4, 0.5) is 0 Å². The molecular weight excluding hydrogens is 254 g/mol. The molecule has 96 valence electrons. The van der Waals surface area contributed by atoms with Gasteiger partial charge < -0.3 is 4.74 Å². The summed E-state index contributed by atoms with van der Waals surface area (Å²) in [5.74, 6) is 0.0925. The maximum absolute atomic E-state index is 11.8. The van der Waals surface area contributed by atoms with Gasteiger partial charge in [0.05, 0.1) is 18.1 Å². The van der Waals surface area contributed by atoms with Crippen molar-refractivity contribution in [2.75, 3.05) is 14.2 Å². The third-order valence-electron chi connectivity index (χ3n) is 3.17. The molecule has 1 aliphatic rings. The van der Waals surface area contributed by atoms with Crippen LogP contribution in [0.3, 0.4) is 0 Å². The molecule has 2 rings (SSSR count). The maximum atomic E-state index is 11.8. The fraction of sp³-hybridized carbons (Fsp3) is 0.385. The van der Waals surface area contributed by atoms with Crippen LogP contribution in [0.5, 0.6) is 5.75 Å². The standard InChI is InChI=1S/C13H14ClNO3/c1-15-12(16)7-9(13(15)17)5-8-3-4-11(18-2)10(14)6-8/h3-4,6,9H,5,7H2,1-2H3. The molecule has 1 fully saturated rings. The van der Waals surface area contributed by atoms with Crippen molar-refractivity contribution in [3.63, 3.8) is 0 Å². The number of amides is 2. The van der Waals surface area contributed by atoms with E-state index in [0.29, 0.717) is 17.2 Å². The molecule has 2 amide bonds. The number of carbonyl (C=O) groups excluding carboxylic acids is 2. The van der Waals surface area contributed by atoms with Gasteiger partial charge >= 0.3 is 0 Å². The summed E-state index contributed by atoms with van der Waals surface area (Å²) >= 11 is 6.02. The minimum absolute atomic E-state index is 0.119. The predicted octanol–water partition coefficient (Wildman–Crippen LogP) is 1.90. The topological polar surface area (TPSA) is 46.6 Å². The zero-order chi connectivity index (χ0) is 13.3. The molecule has 1 unspecified atom stereocenters. The molecule has 0 radical (unpaired) electrons. The van der Waals surface area contributed by atoms with E-state index in [-0.39, 0.29) is 24.2 Å². The van der Waals surface area contributed by atoms with E-state index in [1.54, 1.807) is 19.2 Å². The first-order valence-corrected chi connectivity index (χ1v) is 6.03. The molecule has 1 aromatic carbocycles. The predicted molar refractivity (Wildman–Crippen MR) is 67.6 cm³/mol. The van der Waals surface area contributed by atoms with E-state index in [1.165, 1.54) is 11.9 Å². The zero-order valence-corrected chi connectivity index (χ0v) is 11.0. The minimum Gasteiger partial charge on any atom is -0.495 e. The molecule has 0 bridgehead atoms. The van der Waals surface area contributed by atoms with Crippen LogP contribution in [0.25, 0.3) is 0 Å². The summed E-state index contributed by atoms with van der Waals surface area (Å²) in [6.07, 6.45) is 0.803. The molecule has 1 saturated heterocycles. The first kappa shape index (κ1) is 12.9. The summed E-state index contributed by atoms with van der Waals surface area (Å²) in [5, 5.41) is 0.514. The van der Waals surface area contributed by atoms with Gasteiger partial charge in [0.15, 0.2) is 0 Å². The van der Waals surface area contributed by atoms with Crippen molar-refractivity contribution in [1.29, 1.82) is 0 Å². The Morgan fingerprint density at radius 2 is 2.17 bits per heavy atom. The number of nitrogens with zero attached hydrogens (tertiary/aromatic N) is 1. The van der Waals surface area contributed by atoms with Gasteiger partial charge in [0.1, 0.15) is 5.75 Å². The van der Waals surface area contributed by atoms with Crippen LogP contribution in [-0.4, -0.2) is 30.9 Å². The maximum Gasteiger partial charge on any atom is 0.232 e. The van der Waals surface area contributed by atoms with Gasteiger partial charge in [-0.2, -0.15) is 0 Å². The van der Waals surface area contributed by atoms with Crippen molar-refractivity contribution in [3.8, 4) is 5.75 Å². The van der Waals surface area contributed by atoms with Crippen molar-refractivity contribution < 1.29 is 14.3 Å². The Kier molecular flexibility index (Phi) is 3.57. The van der Waals surface area contributed by atoms with E-state index in [2.05, 4.69) is 0 Å². The van der Waals surface area contributed by atoms with E-state index >= 15 is 0 Å². The molecule has 0 saturated carbocycles. The van der Waals surface area contributed by atoms with Gasteiger partial charge in [-0.25, -0.2) is 0 Å². The normalized spacial score (nSPS) is 19.5. The number of imide groups is 1. The van der Waals surface area contributed by atoms with Crippen molar-refractivity contribution in [2.24, 2.45) is 5.92 Å². The van der Waals surface area contributed by atoms with Crippen LogP contribution >= 0.6 is 11.6 Å².